The van der Waals surface area contributed by atoms with Crippen molar-refractivity contribution in [3.63, 3.8) is 0 Å². The molecule has 11 heavy (non-hydrogen) atoms. The molecule has 0 aromatic heterocycles. The summed E-state index contributed by atoms with van der Waals surface area (Å²) < 4.78 is 0. The van der Waals surface area contributed by atoms with Gasteiger partial charge in [0.25, 0.3) is 0 Å². The van der Waals surface area contributed by atoms with Gasteiger partial charge in [-0.15, -0.1) is 0 Å². The summed E-state index contributed by atoms with van der Waals surface area (Å²) in [6.07, 6.45) is 0. The maximum Gasteiger partial charge on any atom is 0.0460 e. The van der Waals surface area contributed by atoms with E-state index in [1.54, 1.807) is 6.92 Å². The highest BCUT2D eigenvalue weighted by Gasteiger charge is 1.87. The minimum Gasteiger partial charge on any atom is -0.315 e. The van der Waals surface area contributed by atoms with Crippen LogP contribution in [0, 0.1) is 12.0 Å². The summed E-state index contributed by atoms with van der Waals surface area (Å²) in [7, 11) is 0. The van der Waals surface area contributed by atoms with Crippen molar-refractivity contribution in [2.75, 3.05) is 5.32 Å². The molecule has 0 atom stereocenters. The van der Waals surface area contributed by atoms with E-state index in [9.17, 15) is 0 Å². The van der Waals surface area contributed by atoms with Crippen molar-refractivity contribution >= 4 is 17.3 Å². The normalized spacial score (nSPS) is 8.18. The van der Waals surface area contributed by atoms with Crippen LogP contribution in [0.3, 0.4) is 0 Å². The Morgan fingerprint density at radius 1 is 1.27 bits per heavy atom. The van der Waals surface area contributed by atoms with Crippen LogP contribution in [0.1, 0.15) is 6.92 Å². The van der Waals surface area contributed by atoms with Crippen molar-refractivity contribution < 1.29 is 0 Å². The van der Waals surface area contributed by atoms with Gasteiger partial charge in [-0.05, 0) is 31.2 Å². The largest absolute Gasteiger partial charge is 0.315 e. The van der Waals surface area contributed by atoms with Crippen LogP contribution in [0.5, 0.6) is 0 Å². The zero-order valence-electron chi connectivity index (χ0n) is 6.19. The fraction of sp³-hybridized carbons (Fsp3) is 0.111. The predicted molar refractivity (Wildman–Crippen MR) is 48.5 cm³/mol. The van der Waals surface area contributed by atoms with E-state index >= 15 is 0 Å². The standard InChI is InChI=1S/C9H8ClN/c1-2-7-11-9-5-3-8(10)4-6-9/h3-6,11H,1H3. The van der Waals surface area contributed by atoms with Crippen molar-refractivity contribution in [2.45, 2.75) is 6.92 Å². The summed E-state index contributed by atoms with van der Waals surface area (Å²) in [4.78, 5) is 0. The molecule has 0 saturated heterocycles. The van der Waals surface area contributed by atoms with Gasteiger partial charge in [-0.2, -0.15) is 0 Å². The molecule has 0 heterocycles. The maximum atomic E-state index is 5.68. The summed E-state index contributed by atoms with van der Waals surface area (Å²) >= 11 is 5.68. The van der Waals surface area contributed by atoms with Crippen LogP contribution in [-0.4, -0.2) is 0 Å². The Kier molecular flexibility index (Phi) is 2.83. The predicted octanol–water partition coefficient (Wildman–Crippen LogP) is 2.73. The molecule has 0 aliphatic carbocycles. The fourth-order valence-electron chi connectivity index (χ4n) is 0.668. The minimum atomic E-state index is 0.736. The smallest absolute Gasteiger partial charge is 0.0460 e. The van der Waals surface area contributed by atoms with Crippen molar-refractivity contribution in [3.05, 3.63) is 29.3 Å². The Hall–Kier alpha value is -1.13. The molecule has 0 unspecified atom stereocenters. The van der Waals surface area contributed by atoms with Crippen molar-refractivity contribution in [1.82, 2.24) is 0 Å². The highest BCUT2D eigenvalue weighted by Crippen LogP contribution is 2.12. The topological polar surface area (TPSA) is 12.0 Å². The van der Waals surface area contributed by atoms with Crippen molar-refractivity contribution in [3.8, 4) is 12.0 Å². The lowest BCUT2D eigenvalue weighted by atomic mass is 10.3. The number of hydrogen-bond donors (Lipinski definition) is 1. The molecule has 0 fully saturated rings. The van der Waals surface area contributed by atoms with Crippen LogP contribution in [0.25, 0.3) is 0 Å². The Bertz CT molecular complexity index is 279. The Morgan fingerprint density at radius 2 is 1.91 bits per heavy atom. The molecular formula is C9H8ClN. The van der Waals surface area contributed by atoms with Crippen LogP contribution < -0.4 is 5.32 Å². The van der Waals surface area contributed by atoms with Crippen LogP contribution in [-0.2, 0) is 0 Å². The first kappa shape index (κ1) is 7.97. The van der Waals surface area contributed by atoms with Crippen molar-refractivity contribution in [1.29, 1.82) is 0 Å². The minimum absolute atomic E-state index is 0.736. The van der Waals surface area contributed by atoms with E-state index in [-0.39, 0.29) is 0 Å². The van der Waals surface area contributed by atoms with Gasteiger partial charge in [0.15, 0.2) is 0 Å². The number of benzene rings is 1. The van der Waals surface area contributed by atoms with Gasteiger partial charge >= 0.3 is 0 Å². The van der Waals surface area contributed by atoms with Gasteiger partial charge in [-0.1, -0.05) is 17.5 Å². The molecule has 0 amide bonds. The Labute approximate surface area is 71.4 Å². The van der Waals surface area contributed by atoms with E-state index in [1.807, 2.05) is 24.3 Å². The molecule has 2 heteroatoms. The van der Waals surface area contributed by atoms with E-state index in [1.165, 1.54) is 0 Å². The van der Waals surface area contributed by atoms with Crippen molar-refractivity contribution in [2.24, 2.45) is 0 Å². The van der Waals surface area contributed by atoms with Gasteiger partial charge in [-0.3, -0.25) is 0 Å². The molecular weight excluding hydrogens is 158 g/mol. The monoisotopic (exact) mass is 165 g/mol. The summed E-state index contributed by atoms with van der Waals surface area (Å²) in [6.45, 7) is 1.78. The second-order valence-corrected chi connectivity index (χ2v) is 2.44. The second kappa shape index (κ2) is 3.90. The lowest BCUT2D eigenvalue weighted by Gasteiger charge is -1.96. The summed E-state index contributed by atoms with van der Waals surface area (Å²) in [5.74, 6) is 2.74. The highest BCUT2D eigenvalue weighted by molar-refractivity contribution is 6.30. The van der Waals surface area contributed by atoms with Gasteiger partial charge in [0.1, 0.15) is 0 Å². The van der Waals surface area contributed by atoms with Gasteiger partial charge in [0.2, 0.25) is 0 Å². The average Bonchev–Trinajstić information content (AvgIpc) is 2.04. The zero-order valence-corrected chi connectivity index (χ0v) is 6.94. The van der Waals surface area contributed by atoms with Gasteiger partial charge in [0.05, 0.1) is 0 Å². The molecule has 0 bridgehead atoms. The molecule has 0 spiro atoms. The summed E-state index contributed by atoms with van der Waals surface area (Å²) in [5, 5.41) is 3.64. The van der Waals surface area contributed by atoms with Gasteiger partial charge in [-0.25, -0.2) is 0 Å². The quantitative estimate of drug-likeness (QED) is 0.499. The first-order valence-electron chi connectivity index (χ1n) is 3.26. The molecule has 56 valence electrons. The summed E-state index contributed by atoms with van der Waals surface area (Å²) in [6, 6.07) is 10.1. The number of rotatable bonds is 1. The molecule has 0 saturated carbocycles. The lowest BCUT2D eigenvalue weighted by molar-refractivity contribution is 1.62. The summed E-state index contributed by atoms with van der Waals surface area (Å²) in [5.41, 5.74) is 0.962. The Balaban J connectivity index is 2.71. The third-order valence-corrected chi connectivity index (χ3v) is 1.43. The molecule has 0 aliphatic heterocycles. The van der Waals surface area contributed by atoms with E-state index in [0.29, 0.717) is 0 Å². The third-order valence-electron chi connectivity index (χ3n) is 1.18. The van der Waals surface area contributed by atoms with Crippen LogP contribution in [0.4, 0.5) is 5.69 Å². The molecule has 0 aliphatic rings. The van der Waals surface area contributed by atoms with E-state index < -0.39 is 0 Å². The van der Waals surface area contributed by atoms with Crippen LogP contribution in [0.15, 0.2) is 24.3 Å². The molecule has 1 aromatic rings. The van der Waals surface area contributed by atoms with Gasteiger partial charge < -0.3 is 5.32 Å². The molecule has 1 nitrogen and oxygen atoms in total. The third kappa shape index (κ3) is 2.53. The van der Waals surface area contributed by atoms with E-state index in [4.69, 9.17) is 11.6 Å². The first-order valence-corrected chi connectivity index (χ1v) is 3.64. The number of hydrogen-bond acceptors (Lipinski definition) is 1. The Morgan fingerprint density at radius 3 is 2.45 bits per heavy atom. The highest BCUT2D eigenvalue weighted by atomic mass is 35.5. The van der Waals surface area contributed by atoms with Crippen LogP contribution in [0.2, 0.25) is 5.02 Å². The first-order chi connectivity index (χ1) is 5.33. The second-order valence-electron chi connectivity index (χ2n) is 2.01. The van der Waals surface area contributed by atoms with E-state index in [2.05, 4.69) is 17.3 Å². The fourth-order valence-corrected chi connectivity index (χ4v) is 0.794. The average molecular weight is 166 g/mol. The van der Waals surface area contributed by atoms with Gasteiger partial charge in [0, 0.05) is 16.8 Å². The number of anilines is 1. The molecule has 1 N–H and O–H groups in total. The number of halogens is 1. The molecule has 1 aromatic carbocycles. The number of nitrogens with one attached hydrogen (secondary N) is 1. The van der Waals surface area contributed by atoms with E-state index in [0.717, 1.165) is 10.7 Å². The van der Waals surface area contributed by atoms with Crippen LogP contribution >= 0.6 is 11.6 Å². The lowest BCUT2D eigenvalue weighted by Crippen LogP contribution is -1.85. The molecule has 1 rings (SSSR count). The maximum absolute atomic E-state index is 5.68. The molecule has 0 radical (unpaired) electrons. The zero-order chi connectivity index (χ0) is 8.10. The SMILES string of the molecule is CC#CNc1ccc(Cl)cc1.